The van der Waals surface area contributed by atoms with Gasteiger partial charge in [0.25, 0.3) is 5.56 Å². The summed E-state index contributed by atoms with van der Waals surface area (Å²) in [6.45, 7) is 7.37. The summed E-state index contributed by atoms with van der Waals surface area (Å²) in [6, 6.07) is 9.98. The minimum atomic E-state index is -0.634. The van der Waals surface area contributed by atoms with Crippen molar-refractivity contribution in [3.63, 3.8) is 0 Å². The van der Waals surface area contributed by atoms with Gasteiger partial charge in [-0.3, -0.25) is 18.6 Å². The van der Waals surface area contributed by atoms with Crippen molar-refractivity contribution in [3.05, 3.63) is 68.1 Å². The Morgan fingerprint density at radius 3 is 2.45 bits per heavy atom. The van der Waals surface area contributed by atoms with E-state index in [1.54, 1.807) is 18.4 Å². The molecule has 0 radical (unpaired) electrons. The van der Waals surface area contributed by atoms with Gasteiger partial charge in [-0.05, 0) is 33.3 Å². The average molecular weight is 423 g/mol. The predicted octanol–water partition coefficient (Wildman–Crippen LogP) is 1.94. The second-order valence-corrected chi connectivity index (χ2v) is 7.58. The molecule has 3 aromatic heterocycles. The van der Waals surface area contributed by atoms with Gasteiger partial charge in [-0.25, -0.2) is 9.36 Å². The van der Waals surface area contributed by atoms with E-state index < -0.39 is 23.8 Å². The molecule has 162 valence electrons. The quantitative estimate of drug-likeness (QED) is 0.458. The van der Waals surface area contributed by atoms with E-state index in [1.165, 1.54) is 4.57 Å². The Labute approximate surface area is 178 Å². The summed E-state index contributed by atoms with van der Waals surface area (Å²) < 4.78 is 11.0. The monoisotopic (exact) mass is 423 g/mol. The highest BCUT2D eigenvalue weighted by molar-refractivity contribution is 5.77. The number of benzene rings is 1. The maximum Gasteiger partial charge on any atom is 0.333 e. The molecule has 0 fully saturated rings. The Morgan fingerprint density at radius 1 is 1.13 bits per heavy atom. The molecule has 1 unspecified atom stereocenters. The number of carbonyl (C=O) groups excluding carboxylic acids is 1. The van der Waals surface area contributed by atoms with Crippen molar-refractivity contribution >= 4 is 22.9 Å². The Balaban J connectivity index is 2.03. The summed E-state index contributed by atoms with van der Waals surface area (Å²) in [5.41, 5.74) is 2.28. The molecule has 0 aliphatic rings. The van der Waals surface area contributed by atoms with E-state index in [2.05, 4.69) is 16.5 Å². The molecule has 4 aromatic rings. The first-order valence-corrected chi connectivity index (χ1v) is 10.2. The van der Waals surface area contributed by atoms with Gasteiger partial charge < -0.3 is 9.30 Å². The fourth-order valence-electron chi connectivity index (χ4n) is 4.09. The third-order valence-electron chi connectivity index (χ3n) is 5.82. The summed E-state index contributed by atoms with van der Waals surface area (Å²) in [5.74, 6) is -0.0627. The number of ether oxygens (including phenoxy) is 1. The van der Waals surface area contributed by atoms with E-state index in [9.17, 15) is 14.4 Å². The molecular weight excluding hydrogens is 398 g/mol. The fraction of sp³-hybridized carbons (Fsp3) is 0.364. The van der Waals surface area contributed by atoms with E-state index >= 15 is 0 Å². The summed E-state index contributed by atoms with van der Waals surface area (Å²) >= 11 is 0. The van der Waals surface area contributed by atoms with Crippen LogP contribution in [0.25, 0.3) is 16.9 Å². The Bertz CT molecular complexity index is 1420. The van der Waals surface area contributed by atoms with Crippen LogP contribution in [0.4, 0.5) is 0 Å². The molecule has 9 nitrogen and oxygen atoms in total. The molecule has 1 aromatic carbocycles. The van der Waals surface area contributed by atoms with Crippen LogP contribution in [0.15, 0.2) is 39.9 Å². The average Bonchev–Trinajstić information content (AvgIpc) is 3.25. The molecule has 0 saturated carbocycles. The van der Waals surface area contributed by atoms with Gasteiger partial charge in [0.05, 0.1) is 12.6 Å². The predicted molar refractivity (Wildman–Crippen MR) is 117 cm³/mol. The lowest BCUT2D eigenvalue weighted by Crippen LogP contribution is -2.41. The number of hydrogen-bond donors (Lipinski definition) is 0. The Kier molecular flexibility index (Phi) is 5.04. The van der Waals surface area contributed by atoms with E-state index in [0.29, 0.717) is 5.78 Å². The number of fused-ring (bicyclic) bond motifs is 3. The first-order valence-electron chi connectivity index (χ1n) is 10.2. The van der Waals surface area contributed by atoms with Gasteiger partial charge in [0.1, 0.15) is 6.54 Å². The first-order chi connectivity index (χ1) is 14.8. The van der Waals surface area contributed by atoms with Crippen LogP contribution < -0.4 is 11.2 Å². The molecule has 3 heterocycles. The molecule has 9 heteroatoms. The molecule has 0 N–H and O–H groups in total. The van der Waals surface area contributed by atoms with Crippen molar-refractivity contribution in [1.29, 1.82) is 0 Å². The van der Waals surface area contributed by atoms with Crippen molar-refractivity contribution in [2.75, 3.05) is 6.61 Å². The van der Waals surface area contributed by atoms with Gasteiger partial charge in [0, 0.05) is 18.4 Å². The number of aryl methyl sites for hydroxylation is 2. The molecule has 0 bridgehead atoms. The third-order valence-corrected chi connectivity index (χ3v) is 5.82. The molecule has 0 spiro atoms. The minimum Gasteiger partial charge on any atom is -0.465 e. The van der Waals surface area contributed by atoms with Crippen LogP contribution in [0.5, 0.6) is 0 Å². The lowest BCUT2D eigenvalue weighted by atomic mass is 10.1. The zero-order valence-electron chi connectivity index (χ0n) is 18.2. The summed E-state index contributed by atoms with van der Waals surface area (Å²) in [7, 11) is 1.55. The van der Waals surface area contributed by atoms with Crippen LogP contribution in [0, 0.1) is 13.8 Å². The first kappa shape index (κ1) is 20.6. The molecule has 0 aliphatic heterocycles. The van der Waals surface area contributed by atoms with Gasteiger partial charge in [-0.1, -0.05) is 30.3 Å². The number of esters is 1. The zero-order chi connectivity index (χ0) is 22.4. The third kappa shape index (κ3) is 3.08. The molecule has 31 heavy (non-hydrogen) atoms. The highest BCUT2D eigenvalue weighted by Gasteiger charge is 2.25. The fourth-order valence-corrected chi connectivity index (χ4v) is 4.09. The number of hydrogen-bond acceptors (Lipinski definition) is 5. The van der Waals surface area contributed by atoms with Crippen molar-refractivity contribution < 1.29 is 9.53 Å². The van der Waals surface area contributed by atoms with Crippen LogP contribution in [0.3, 0.4) is 0 Å². The smallest absolute Gasteiger partial charge is 0.333 e. The van der Waals surface area contributed by atoms with E-state index in [4.69, 9.17) is 4.74 Å². The summed E-state index contributed by atoms with van der Waals surface area (Å²) in [4.78, 5) is 42.8. The van der Waals surface area contributed by atoms with Crippen LogP contribution in [-0.2, 0) is 23.1 Å². The maximum atomic E-state index is 13.3. The standard InChI is InChI=1S/C22H25N5O4/c1-6-31-17(28)12-25-20(29)18-19(24(5)22(25)30)23-21-26(13(2)14(3)27(18)21)15(4)16-10-8-7-9-11-16/h7-11,15H,6,12H2,1-5H3. The minimum absolute atomic E-state index is 0.0343. The van der Waals surface area contributed by atoms with Crippen LogP contribution in [-0.4, -0.2) is 35.7 Å². The number of aromatic nitrogens is 5. The lowest BCUT2D eigenvalue weighted by molar-refractivity contribution is -0.143. The van der Waals surface area contributed by atoms with Gasteiger partial charge in [-0.2, -0.15) is 4.98 Å². The topological polar surface area (TPSA) is 92.5 Å². The van der Waals surface area contributed by atoms with Crippen molar-refractivity contribution in [3.8, 4) is 0 Å². The highest BCUT2D eigenvalue weighted by atomic mass is 16.5. The van der Waals surface area contributed by atoms with Crippen molar-refractivity contribution in [2.45, 2.75) is 40.3 Å². The summed E-state index contributed by atoms with van der Waals surface area (Å²) in [6.07, 6.45) is 0. The van der Waals surface area contributed by atoms with Crippen LogP contribution >= 0.6 is 0 Å². The number of imidazole rings is 2. The molecule has 0 aliphatic carbocycles. The van der Waals surface area contributed by atoms with Crippen molar-refractivity contribution in [2.24, 2.45) is 7.05 Å². The molecular formula is C22H25N5O4. The molecule has 0 amide bonds. The number of rotatable bonds is 5. The zero-order valence-corrected chi connectivity index (χ0v) is 18.2. The van der Waals surface area contributed by atoms with Crippen molar-refractivity contribution in [1.82, 2.24) is 23.1 Å². The SMILES string of the molecule is CCOC(=O)Cn1c(=O)c2c(nc3n(C(C)c4ccccc4)c(C)c(C)n23)n(C)c1=O. The van der Waals surface area contributed by atoms with Gasteiger partial charge in [-0.15, -0.1) is 0 Å². The molecule has 4 rings (SSSR count). The van der Waals surface area contributed by atoms with Gasteiger partial charge in [0.15, 0.2) is 11.2 Å². The molecule has 1 atom stereocenters. The van der Waals surface area contributed by atoms with Crippen LogP contribution in [0.2, 0.25) is 0 Å². The second-order valence-electron chi connectivity index (χ2n) is 7.58. The normalized spacial score (nSPS) is 12.5. The Hall–Kier alpha value is -3.62. The largest absolute Gasteiger partial charge is 0.465 e. The molecule has 0 saturated heterocycles. The second kappa shape index (κ2) is 7.57. The number of nitrogens with zero attached hydrogens (tertiary/aromatic N) is 5. The number of carbonyl (C=O) groups is 1. The summed E-state index contributed by atoms with van der Waals surface area (Å²) in [5, 5.41) is 0. The Morgan fingerprint density at radius 2 is 1.81 bits per heavy atom. The van der Waals surface area contributed by atoms with Crippen LogP contribution in [0.1, 0.15) is 36.8 Å². The highest BCUT2D eigenvalue weighted by Crippen LogP contribution is 2.27. The maximum absolute atomic E-state index is 13.3. The van der Waals surface area contributed by atoms with Gasteiger partial charge in [0.2, 0.25) is 5.78 Å². The van der Waals surface area contributed by atoms with Gasteiger partial charge >= 0.3 is 11.7 Å². The van der Waals surface area contributed by atoms with E-state index in [0.717, 1.165) is 21.5 Å². The lowest BCUT2D eigenvalue weighted by Gasteiger charge is -2.16. The van der Waals surface area contributed by atoms with E-state index in [1.807, 2.05) is 44.2 Å². The van der Waals surface area contributed by atoms with E-state index in [-0.39, 0.29) is 23.8 Å².